The largest absolute Gasteiger partial charge is 0.493 e. The smallest absolute Gasteiger partial charge is 0.251 e. The van der Waals surface area contributed by atoms with Crippen LogP contribution in [0.25, 0.3) is 10.9 Å². The molecule has 1 unspecified atom stereocenters. The normalized spacial score (nSPS) is 11.9. The van der Waals surface area contributed by atoms with Gasteiger partial charge in [-0.2, -0.15) is 0 Å². The third-order valence-electron chi connectivity index (χ3n) is 5.13. The molecule has 1 heterocycles. The number of nitrogens with zero attached hydrogens (tertiary/aromatic N) is 1. The van der Waals surface area contributed by atoms with Gasteiger partial charge in [-0.3, -0.25) is 4.79 Å². The second-order valence-electron chi connectivity index (χ2n) is 7.11. The second-order valence-corrected chi connectivity index (χ2v) is 7.11. The summed E-state index contributed by atoms with van der Waals surface area (Å²) < 4.78 is 18.1. The van der Waals surface area contributed by atoms with Gasteiger partial charge in [-0.15, -0.1) is 0 Å². The van der Waals surface area contributed by atoms with E-state index in [1.807, 2.05) is 13.0 Å². The highest BCUT2D eigenvalue weighted by atomic mass is 16.5. The average molecular weight is 396 g/mol. The Balaban J connectivity index is 1.69. The first-order chi connectivity index (χ1) is 14.0. The van der Waals surface area contributed by atoms with E-state index in [9.17, 15) is 4.79 Å². The van der Waals surface area contributed by atoms with Gasteiger partial charge in [0.05, 0.1) is 21.3 Å². The molecule has 6 nitrogen and oxygen atoms in total. The van der Waals surface area contributed by atoms with E-state index in [4.69, 9.17) is 14.2 Å². The Morgan fingerprint density at radius 1 is 1.07 bits per heavy atom. The molecule has 0 saturated heterocycles. The van der Waals surface area contributed by atoms with E-state index in [0.717, 1.165) is 12.8 Å². The van der Waals surface area contributed by atoms with Crippen LogP contribution in [0.5, 0.6) is 17.2 Å². The number of fused-ring (bicyclic) bond motifs is 1. The number of para-hydroxylation sites is 1. The van der Waals surface area contributed by atoms with Crippen LogP contribution in [-0.2, 0) is 13.5 Å². The molecule has 0 radical (unpaired) electrons. The summed E-state index contributed by atoms with van der Waals surface area (Å²) >= 11 is 0. The monoisotopic (exact) mass is 396 g/mol. The lowest BCUT2D eigenvalue weighted by Gasteiger charge is -2.16. The van der Waals surface area contributed by atoms with Gasteiger partial charge in [0.15, 0.2) is 11.5 Å². The molecular formula is C23H28N2O4. The fraction of sp³-hybridized carbons (Fsp3) is 0.348. The predicted octanol–water partition coefficient (Wildman–Crippen LogP) is 3.96. The van der Waals surface area contributed by atoms with Crippen LogP contribution in [0.1, 0.15) is 29.3 Å². The lowest BCUT2D eigenvalue weighted by atomic mass is 10.0. The van der Waals surface area contributed by atoms with Crippen LogP contribution in [0.2, 0.25) is 0 Å². The van der Waals surface area contributed by atoms with Crippen molar-refractivity contribution in [1.29, 1.82) is 0 Å². The van der Waals surface area contributed by atoms with Crippen molar-refractivity contribution in [3.05, 3.63) is 53.7 Å². The Kier molecular flexibility index (Phi) is 6.32. The van der Waals surface area contributed by atoms with Gasteiger partial charge in [-0.25, -0.2) is 0 Å². The van der Waals surface area contributed by atoms with Crippen LogP contribution in [-0.4, -0.2) is 37.8 Å². The summed E-state index contributed by atoms with van der Waals surface area (Å²) in [6.07, 6.45) is 3.89. The Morgan fingerprint density at radius 3 is 2.34 bits per heavy atom. The number of carbonyl (C=O) groups is 1. The zero-order valence-electron chi connectivity index (χ0n) is 17.6. The molecule has 0 saturated carbocycles. The predicted molar refractivity (Wildman–Crippen MR) is 114 cm³/mol. The summed E-state index contributed by atoms with van der Waals surface area (Å²) in [5.41, 5.74) is 2.98. The number of methoxy groups -OCH3 is 3. The van der Waals surface area contributed by atoms with Crippen LogP contribution in [0.4, 0.5) is 0 Å². The first-order valence-electron chi connectivity index (χ1n) is 9.62. The number of carbonyl (C=O) groups excluding carboxylic acids is 1. The Hall–Kier alpha value is -3.15. The quantitative estimate of drug-likeness (QED) is 0.626. The number of nitrogens with one attached hydrogen (secondary N) is 1. The molecule has 1 aromatic heterocycles. The molecule has 0 aliphatic rings. The van der Waals surface area contributed by atoms with Crippen molar-refractivity contribution in [2.24, 2.45) is 7.05 Å². The Bertz CT molecular complexity index is 984. The van der Waals surface area contributed by atoms with Crippen molar-refractivity contribution < 1.29 is 19.0 Å². The van der Waals surface area contributed by atoms with E-state index < -0.39 is 0 Å². The van der Waals surface area contributed by atoms with Crippen LogP contribution in [0, 0.1) is 0 Å². The maximum atomic E-state index is 12.8. The maximum absolute atomic E-state index is 12.8. The van der Waals surface area contributed by atoms with E-state index in [-0.39, 0.29) is 11.9 Å². The third-order valence-corrected chi connectivity index (χ3v) is 5.13. The number of rotatable bonds is 8. The maximum Gasteiger partial charge on any atom is 0.251 e. The van der Waals surface area contributed by atoms with Gasteiger partial charge in [0, 0.05) is 35.8 Å². The average Bonchev–Trinajstić information content (AvgIpc) is 3.06. The minimum Gasteiger partial charge on any atom is -0.493 e. The van der Waals surface area contributed by atoms with Gasteiger partial charge in [0.2, 0.25) is 5.75 Å². The minimum absolute atomic E-state index is 0.0144. The van der Waals surface area contributed by atoms with Crippen molar-refractivity contribution in [3.63, 3.8) is 0 Å². The molecule has 3 aromatic rings. The van der Waals surface area contributed by atoms with Crippen LogP contribution in [0.3, 0.4) is 0 Å². The summed E-state index contributed by atoms with van der Waals surface area (Å²) in [5, 5.41) is 4.33. The highest BCUT2D eigenvalue weighted by molar-refractivity contribution is 5.95. The number of aryl methyl sites for hydroxylation is 2. The molecule has 0 bridgehead atoms. The molecule has 0 spiro atoms. The summed E-state index contributed by atoms with van der Waals surface area (Å²) in [4.78, 5) is 12.8. The molecule has 6 heteroatoms. The molecule has 0 aliphatic carbocycles. The number of benzene rings is 2. The SMILES string of the molecule is COc1cc(C(=O)NC(C)CCc2cn(C)c3ccccc23)cc(OC)c1OC. The van der Waals surface area contributed by atoms with Crippen LogP contribution < -0.4 is 19.5 Å². The highest BCUT2D eigenvalue weighted by Crippen LogP contribution is 2.38. The Labute approximate surface area is 171 Å². The molecule has 0 aliphatic heterocycles. The summed E-state index contributed by atoms with van der Waals surface area (Å²) in [6.45, 7) is 2.01. The lowest BCUT2D eigenvalue weighted by molar-refractivity contribution is 0.0937. The van der Waals surface area contributed by atoms with Crippen molar-refractivity contribution >= 4 is 16.8 Å². The van der Waals surface area contributed by atoms with E-state index in [1.54, 1.807) is 12.1 Å². The fourth-order valence-electron chi connectivity index (χ4n) is 3.59. The molecule has 1 amide bonds. The highest BCUT2D eigenvalue weighted by Gasteiger charge is 2.18. The van der Waals surface area contributed by atoms with Gasteiger partial charge >= 0.3 is 0 Å². The second kappa shape index (κ2) is 8.90. The zero-order chi connectivity index (χ0) is 21.0. The topological polar surface area (TPSA) is 61.7 Å². The molecule has 154 valence electrons. The molecule has 29 heavy (non-hydrogen) atoms. The minimum atomic E-state index is -0.172. The van der Waals surface area contributed by atoms with E-state index in [1.165, 1.54) is 37.8 Å². The van der Waals surface area contributed by atoms with Crippen molar-refractivity contribution in [2.75, 3.05) is 21.3 Å². The van der Waals surface area contributed by atoms with E-state index in [2.05, 4.69) is 41.3 Å². The van der Waals surface area contributed by atoms with Gasteiger partial charge in [0.1, 0.15) is 0 Å². The van der Waals surface area contributed by atoms with Gasteiger partial charge < -0.3 is 24.1 Å². The first-order valence-corrected chi connectivity index (χ1v) is 9.62. The Morgan fingerprint density at radius 2 is 1.72 bits per heavy atom. The van der Waals surface area contributed by atoms with Crippen LogP contribution in [0.15, 0.2) is 42.6 Å². The van der Waals surface area contributed by atoms with Crippen molar-refractivity contribution in [2.45, 2.75) is 25.8 Å². The molecule has 1 N–H and O–H groups in total. The van der Waals surface area contributed by atoms with Crippen molar-refractivity contribution in [1.82, 2.24) is 9.88 Å². The molecule has 0 fully saturated rings. The van der Waals surface area contributed by atoms with Gasteiger partial charge in [-0.05, 0) is 43.5 Å². The van der Waals surface area contributed by atoms with Gasteiger partial charge in [-0.1, -0.05) is 18.2 Å². The van der Waals surface area contributed by atoms with Crippen molar-refractivity contribution in [3.8, 4) is 17.2 Å². The first kappa shape index (κ1) is 20.6. The number of hydrogen-bond acceptors (Lipinski definition) is 4. The number of hydrogen-bond donors (Lipinski definition) is 1. The van der Waals surface area contributed by atoms with E-state index >= 15 is 0 Å². The zero-order valence-corrected chi connectivity index (χ0v) is 17.6. The van der Waals surface area contributed by atoms with E-state index in [0.29, 0.717) is 22.8 Å². The molecule has 2 aromatic carbocycles. The number of amides is 1. The molecule has 3 rings (SSSR count). The molecular weight excluding hydrogens is 368 g/mol. The number of aromatic nitrogens is 1. The number of ether oxygens (including phenoxy) is 3. The van der Waals surface area contributed by atoms with Crippen LogP contribution >= 0.6 is 0 Å². The third kappa shape index (κ3) is 4.31. The van der Waals surface area contributed by atoms with Gasteiger partial charge in [0.25, 0.3) is 5.91 Å². The summed E-state index contributed by atoms with van der Waals surface area (Å²) in [6, 6.07) is 11.7. The summed E-state index contributed by atoms with van der Waals surface area (Å²) in [5.74, 6) is 1.21. The standard InChI is InChI=1S/C23H28N2O4/c1-15(10-11-16-14-25(2)19-9-7-6-8-18(16)19)24-23(26)17-12-20(27-3)22(29-5)21(13-17)28-4/h6-9,12-15H,10-11H2,1-5H3,(H,24,26). The fourth-order valence-corrected chi connectivity index (χ4v) is 3.59. The lowest BCUT2D eigenvalue weighted by Crippen LogP contribution is -2.32. The molecule has 1 atom stereocenters. The summed E-state index contributed by atoms with van der Waals surface area (Å²) in [7, 11) is 6.66.